The Morgan fingerprint density at radius 3 is 2.76 bits per heavy atom. The molecule has 0 bridgehead atoms. The number of amides is 1. The van der Waals surface area contributed by atoms with Gasteiger partial charge in [0.05, 0.1) is 6.33 Å². The minimum Gasteiger partial charge on any atom is -0.477 e. The molecule has 0 saturated carbocycles. The zero-order chi connectivity index (χ0) is 15.4. The average Bonchev–Trinajstić information content (AvgIpc) is 2.90. The number of halogens is 2. The van der Waals surface area contributed by atoms with Crippen molar-refractivity contribution in [1.29, 1.82) is 0 Å². The van der Waals surface area contributed by atoms with Gasteiger partial charge < -0.3 is 15.4 Å². The van der Waals surface area contributed by atoms with E-state index < -0.39 is 11.9 Å². The Kier molecular flexibility index (Phi) is 4.82. The molecule has 0 fully saturated rings. The number of nitrogens with one attached hydrogen (secondary N) is 2. The van der Waals surface area contributed by atoms with Crippen molar-refractivity contribution in [2.75, 3.05) is 6.54 Å². The number of rotatable bonds is 5. The highest BCUT2D eigenvalue weighted by Crippen LogP contribution is 2.21. The van der Waals surface area contributed by atoms with Crippen molar-refractivity contribution < 1.29 is 14.7 Å². The summed E-state index contributed by atoms with van der Waals surface area (Å²) in [6, 6.07) is 5.10. The predicted octanol–water partition coefficient (Wildman–Crippen LogP) is 2.39. The smallest absolute Gasteiger partial charge is 0.354 e. The normalized spacial score (nSPS) is 10.4. The lowest BCUT2D eigenvalue weighted by Gasteiger charge is -2.06. The van der Waals surface area contributed by atoms with E-state index in [-0.39, 0.29) is 11.4 Å². The van der Waals surface area contributed by atoms with Crippen LogP contribution in [0.25, 0.3) is 0 Å². The minimum atomic E-state index is -1.24. The third-order valence-electron chi connectivity index (χ3n) is 2.76. The van der Waals surface area contributed by atoms with E-state index in [9.17, 15) is 9.59 Å². The average molecular weight is 328 g/mol. The second-order valence-electron chi connectivity index (χ2n) is 4.17. The number of aromatic amines is 1. The monoisotopic (exact) mass is 327 g/mol. The number of hydrogen-bond donors (Lipinski definition) is 3. The fourth-order valence-corrected chi connectivity index (χ4v) is 2.25. The van der Waals surface area contributed by atoms with Gasteiger partial charge in [-0.1, -0.05) is 29.3 Å². The van der Waals surface area contributed by atoms with Gasteiger partial charge in [0.15, 0.2) is 11.4 Å². The third kappa shape index (κ3) is 3.74. The first-order valence-electron chi connectivity index (χ1n) is 5.98. The number of hydrogen-bond acceptors (Lipinski definition) is 3. The van der Waals surface area contributed by atoms with E-state index in [4.69, 9.17) is 28.3 Å². The molecule has 1 heterocycles. The van der Waals surface area contributed by atoms with Crippen molar-refractivity contribution in [3.63, 3.8) is 0 Å². The number of carbonyl (C=O) groups is 2. The summed E-state index contributed by atoms with van der Waals surface area (Å²) in [5.74, 6) is -1.79. The zero-order valence-electron chi connectivity index (χ0n) is 10.7. The molecule has 1 aromatic carbocycles. The van der Waals surface area contributed by atoms with E-state index in [1.54, 1.807) is 18.2 Å². The fourth-order valence-electron chi connectivity index (χ4n) is 1.75. The first-order chi connectivity index (χ1) is 9.99. The van der Waals surface area contributed by atoms with Crippen LogP contribution in [-0.2, 0) is 6.42 Å². The third-order valence-corrected chi connectivity index (χ3v) is 3.35. The first kappa shape index (κ1) is 15.3. The molecular weight excluding hydrogens is 317 g/mol. The number of benzene rings is 1. The summed E-state index contributed by atoms with van der Waals surface area (Å²) in [4.78, 5) is 28.8. The van der Waals surface area contributed by atoms with Gasteiger partial charge in [-0.15, -0.1) is 0 Å². The maximum Gasteiger partial charge on any atom is 0.354 e. The Labute approximate surface area is 130 Å². The van der Waals surface area contributed by atoms with E-state index in [0.717, 1.165) is 11.9 Å². The van der Waals surface area contributed by atoms with Gasteiger partial charge in [0, 0.05) is 16.6 Å². The van der Waals surface area contributed by atoms with Gasteiger partial charge in [-0.3, -0.25) is 4.79 Å². The largest absolute Gasteiger partial charge is 0.477 e. The molecule has 0 aliphatic rings. The molecule has 0 radical (unpaired) electrons. The van der Waals surface area contributed by atoms with Crippen molar-refractivity contribution >= 4 is 35.1 Å². The molecule has 2 rings (SSSR count). The maximum atomic E-state index is 11.8. The number of aromatic nitrogens is 2. The van der Waals surface area contributed by atoms with E-state index in [1.165, 1.54) is 0 Å². The van der Waals surface area contributed by atoms with Gasteiger partial charge in [-0.25, -0.2) is 9.78 Å². The minimum absolute atomic E-state index is 0.148. The van der Waals surface area contributed by atoms with Gasteiger partial charge in [-0.05, 0) is 24.1 Å². The van der Waals surface area contributed by atoms with Crippen LogP contribution >= 0.6 is 23.2 Å². The van der Waals surface area contributed by atoms with Crippen LogP contribution in [0.15, 0.2) is 24.5 Å². The number of carboxylic acids is 1. The highest BCUT2D eigenvalue weighted by atomic mass is 35.5. The zero-order valence-corrected chi connectivity index (χ0v) is 12.2. The molecule has 110 valence electrons. The van der Waals surface area contributed by atoms with Crippen LogP contribution in [0.3, 0.4) is 0 Å². The van der Waals surface area contributed by atoms with Crippen molar-refractivity contribution in [2.24, 2.45) is 0 Å². The van der Waals surface area contributed by atoms with Crippen LogP contribution in [-0.4, -0.2) is 33.5 Å². The van der Waals surface area contributed by atoms with E-state index in [2.05, 4.69) is 15.3 Å². The van der Waals surface area contributed by atoms with E-state index in [1.807, 2.05) is 0 Å². The van der Waals surface area contributed by atoms with Crippen LogP contribution in [0.4, 0.5) is 0 Å². The molecule has 0 aliphatic heterocycles. The molecule has 1 aromatic heterocycles. The summed E-state index contributed by atoms with van der Waals surface area (Å²) in [7, 11) is 0. The number of imidazole rings is 1. The maximum absolute atomic E-state index is 11.8. The second kappa shape index (κ2) is 6.60. The van der Waals surface area contributed by atoms with Crippen molar-refractivity contribution in [2.45, 2.75) is 6.42 Å². The summed E-state index contributed by atoms with van der Waals surface area (Å²) in [6.45, 7) is 0.298. The quantitative estimate of drug-likeness (QED) is 0.785. The van der Waals surface area contributed by atoms with Crippen LogP contribution in [0.1, 0.15) is 26.5 Å². The fraction of sp³-hybridized carbons (Fsp3) is 0.154. The predicted molar refractivity (Wildman–Crippen MR) is 78.0 cm³/mol. The van der Waals surface area contributed by atoms with Crippen molar-refractivity contribution in [3.05, 3.63) is 51.5 Å². The van der Waals surface area contributed by atoms with E-state index in [0.29, 0.717) is 23.0 Å². The molecule has 0 unspecified atom stereocenters. The molecule has 0 aliphatic carbocycles. The highest BCUT2D eigenvalue weighted by molar-refractivity contribution is 6.35. The molecule has 21 heavy (non-hydrogen) atoms. The summed E-state index contributed by atoms with van der Waals surface area (Å²) in [5, 5.41) is 12.5. The van der Waals surface area contributed by atoms with Crippen molar-refractivity contribution in [3.8, 4) is 0 Å². The number of carboxylic acid groups (broad SMARTS) is 1. The number of H-pyrrole nitrogens is 1. The van der Waals surface area contributed by atoms with Crippen LogP contribution in [0, 0.1) is 0 Å². The Morgan fingerprint density at radius 1 is 1.33 bits per heavy atom. The summed E-state index contributed by atoms with van der Waals surface area (Å²) in [6.07, 6.45) is 1.66. The molecular formula is C13H11Cl2N3O3. The lowest BCUT2D eigenvalue weighted by Crippen LogP contribution is -2.27. The molecule has 3 N–H and O–H groups in total. The lowest BCUT2D eigenvalue weighted by molar-refractivity contribution is 0.0685. The van der Waals surface area contributed by atoms with Crippen LogP contribution < -0.4 is 5.32 Å². The lowest BCUT2D eigenvalue weighted by atomic mass is 10.1. The molecule has 8 heteroatoms. The summed E-state index contributed by atoms with van der Waals surface area (Å²) < 4.78 is 0. The van der Waals surface area contributed by atoms with Crippen LogP contribution in [0.2, 0.25) is 10.0 Å². The molecule has 1 amide bonds. The molecule has 0 atom stereocenters. The molecule has 0 spiro atoms. The van der Waals surface area contributed by atoms with Gasteiger partial charge >= 0.3 is 5.97 Å². The Hall–Kier alpha value is -2.05. The van der Waals surface area contributed by atoms with Crippen LogP contribution in [0.5, 0.6) is 0 Å². The Bertz CT molecular complexity index is 685. The van der Waals surface area contributed by atoms with Gasteiger partial charge in [-0.2, -0.15) is 0 Å². The first-order valence-corrected chi connectivity index (χ1v) is 6.73. The topological polar surface area (TPSA) is 95.1 Å². The van der Waals surface area contributed by atoms with Gasteiger partial charge in [0.1, 0.15) is 0 Å². The Morgan fingerprint density at radius 2 is 2.10 bits per heavy atom. The number of nitrogens with zero attached hydrogens (tertiary/aromatic N) is 1. The van der Waals surface area contributed by atoms with Gasteiger partial charge in [0.2, 0.25) is 0 Å². The summed E-state index contributed by atoms with van der Waals surface area (Å²) >= 11 is 11.8. The Balaban J connectivity index is 1.95. The van der Waals surface area contributed by atoms with Gasteiger partial charge in [0.25, 0.3) is 5.91 Å². The SMILES string of the molecule is O=C(NCCc1ccc(Cl)cc1Cl)c1nc[nH]c1C(=O)O. The standard InChI is InChI=1S/C13H11Cl2N3O3/c14-8-2-1-7(9(15)5-8)3-4-16-12(19)10-11(13(20)21)18-6-17-10/h1-2,5-6H,3-4H2,(H,16,19)(H,17,18)(H,20,21). The summed E-state index contributed by atoms with van der Waals surface area (Å²) in [5.41, 5.74) is 0.448. The molecule has 0 saturated heterocycles. The molecule has 2 aromatic rings. The number of carbonyl (C=O) groups excluding carboxylic acids is 1. The second-order valence-corrected chi connectivity index (χ2v) is 5.02. The number of aromatic carboxylic acids is 1. The highest BCUT2D eigenvalue weighted by Gasteiger charge is 2.19. The van der Waals surface area contributed by atoms with E-state index >= 15 is 0 Å². The molecule has 6 nitrogen and oxygen atoms in total. The van der Waals surface area contributed by atoms with Crippen molar-refractivity contribution in [1.82, 2.24) is 15.3 Å².